The van der Waals surface area contributed by atoms with E-state index in [2.05, 4.69) is 16.2 Å². The molecule has 0 amide bonds. The topological polar surface area (TPSA) is 121 Å². The molecule has 76 valence electrons. The van der Waals surface area contributed by atoms with Gasteiger partial charge in [-0.1, -0.05) is 0 Å². The predicted molar refractivity (Wildman–Crippen MR) is 40.4 cm³/mol. The molecule has 6 nitrogen and oxygen atoms in total. The zero-order valence-electron chi connectivity index (χ0n) is 6.62. The van der Waals surface area contributed by atoms with Crippen LogP contribution in [0.25, 0.3) is 0 Å². The summed E-state index contributed by atoms with van der Waals surface area (Å²) in [5.41, 5.74) is 5.07. The Kier molecular flexibility index (Phi) is 14.6. The molecule has 0 unspecified atom stereocenters. The molecule has 0 fully saturated rings. The number of nitrogens with two attached hydrogens (primary N) is 1. The molecule has 5 N–H and O–H groups in total. The number of carbonyl (C=O) groups is 2. The Hall–Kier alpha value is 0.0331. The average Bonchev–Trinajstić information content (AvgIpc) is 1.99. The van der Waals surface area contributed by atoms with E-state index in [1.807, 2.05) is 0 Å². The molecule has 8 heteroatoms. The molecule has 0 saturated heterocycles. The fourth-order valence-electron chi connectivity index (χ4n) is 0.435. The van der Waals surface area contributed by atoms with Gasteiger partial charge in [-0.25, -0.2) is 0 Å². The van der Waals surface area contributed by atoms with E-state index in [9.17, 15) is 9.59 Å². The van der Waals surface area contributed by atoms with Crippen LogP contribution in [0.1, 0.15) is 12.8 Å². The van der Waals surface area contributed by atoms with Crippen molar-refractivity contribution >= 4 is 23.8 Å². The summed E-state index contributed by atoms with van der Waals surface area (Å²) >= 11 is 4.68. The molecule has 0 spiro atoms. The second-order valence-corrected chi connectivity index (χ2v) is 2.09. The number of halogens is 1. The molecule has 0 aromatic rings. The van der Waals surface area contributed by atoms with Gasteiger partial charge in [0, 0.05) is 32.6 Å². The molecule has 0 radical (unpaired) electrons. The van der Waals surface area contributed by atoms with E-state index in [0.717, 1.165) is 0 Å². The van der Waals surface area contributed by atoms with Crippen molar-refractivity contribution in [2.75, 3.05) is 0 Å². The zero-order chi connectivity index (χ0) is 8.85. The van der Waals surface area contributed by atoms with E-state index in [4.69, 9.17) is 10.8 Å². The van der Waals surface area contributed by atoms with Crippen LogP contribution in [0.4, 0.5) is 0 Å². The van der Waals surface area contributed by atoms with Crippen LogP contribution in [0.5, 0.6) is 0 Å². The van der Waals surface area contributed by atoms with E-state index in [0.29, 0.717) is 0 Å². The molecule has 0 rings (SSSR count). The number of carboxylic acids is 1. The Morgan fingerprint density at radius 1 is 1.54 bits per heavy atom. The number of carboxylic acid groups (broad SMARTS) is 1. The number of hydrogen-bond acceptors (Lipinski definition) is 4. The number of rotatable bonds is 4. The maximum absolute atomic E-state index is 10.3. The van der Waals surface area contributed by atoms with Crippen LogP contribution in [-0.4, -0.2) is 28.6 Å². The Balaban J connectivity index is -0.000000500. The van der Waals surface area contributed by atoms with Crippen molar-refractivity contribution in [1.82, 2.24) is 0 Å². The van der Waals surface area contributed by atoms with E-state index in [-0.39, 0.29) is 44.5 Å². The first-order chi connectivity index (χ1) is 5.07. The largest absolute Gasteiger partial charge is 0.480 e. The summed E-state index contributed by atoms with van der Waals surface area (Å²) in [6.45, 7) is 0. The molecule has 0 aliphatic carbocycles. The Labute approximate surface area is 99.0 Å². The third-order valence-corrected chi connectivity index (χ3v) is 1.23. The van der Waals surface area contributed by atoms with Gasteiger partial charge in [0.25, 0.3) is 0 Å². The van der Waals surface area contributed by atoms with Crippen LogP contribution in [0.2, 0.25) is 0 Å². The first-order valence-corrected chi connectivity index (χ1v) is 3.18. The Bertz CT molecular complexity index is 167. The number of carbonyl (C=O) groups excluding carboxylic acids is 1. The van der Waals surface area contributed by atoms with Gasteiger partial charge in [0.15, 0.2) is 0 Å². The van der Waals surface area contributed by atoms with Crippen molar-refractivity contribution in [3.05, 3.63) is 0 Å². The number of hydrogen-bond donors (Lipinski definition) is 2. The molecule has 0 aliphatic rings. The van der Waals surface area contributed by atoms with Gasteiger partial charge in [-0.3, -0.25) is 9.59 Å². The van der Waals surface area contributed by atoms with Gasteiger partial charge in [-0.05, 0) is 6.42 Å². The second kappa shape index (κ2) is 10.1. The Morgan fingerprint density at radius 3 is 2.31 bits per heavy atom. The van der Waals surface area contributed by atoms with Gasteiger partial charge in [0.05, 0.1) is 0 Å². The smallest absolute Gasteiger partial charge is 0.324 e. The molecule has 0 heterocycles. The van der Waals surface area contributed by atoms with Crippen LogP contribution >= 0.6 is 11.9 Å². The first kappa shape index (κ1) is 18.7. The zero-order valence-corrected chi connectivity index (χ0v) is 9.83. The average molecular weight is 291 g/mol. The van der Waals surface area contributed by atoms with Crippen LogP contribution < -0.4 is 5.73 Å². The van der Waals surface area contributed by atoms with Crippen molar-refractivity contribution in [2.24, 2.45) is 5.73 Å². The SMILES string of the molecule is N[C@@H](CCC(=O)OCl)C(=O)O.O.[Zr]. The van der Waals surface area contributed by atoms with Crippen LogP contribution in [0.3, 0.4) is 0 Å². The summed E-state index contributed by atoms with van der Waals surface area (Å²) in [6, 6.07) is -1.04. The van der Waals surface area contributed by atoms with Gasteiger partial charge in [0.1, 0.15) is 17.9 Å². The molecular weight excluding hydrogens is 281 g/mol. The van der Waals surface area contributed by atoms with Crippen molar-refractivity contribution in [3.8, 4) is 0 Å². The standard InChI is InChI=1S/C5H8ClNO4.H2O.Zr/c6-11-4(8)2-1-3(7)5(9)10;;/h3H,1-2,7H2,(H,9,10);1H2;/t3-;;/m0../s1. The van der Waals surface area contributed by atoms with Crippen molar-refractivity contribution in [3.63, 3.8) is 0 Å². The maximum Gasteiger partial charge on any atom is 0.324 e. The minimum atomic E-state index is -1.15. The van der Waals surface area contributed by atoms with Gasteiger partial charge in [-0.15, -0.1) is 0 Å². The minimum absolute atomic E-state index is 0. The normalized spacial score (nSPS) is 10.3. The first-order valence-electron chi connectivity index (χ1n) is 2.87. The fourth-order valence-corrected chi connectivity index (χ4v) is 0.513. The van der Waals surface area contributed by atoms with Crippen molar-refractivity contribution < 1.29 is 50.7 Å². The summed E-state index contributed by atoms with van der Waals surface area (Å²) in [7, 11) is 0. The molecule has 13 heavy (non-hydrogen) atoms. The Morgan fingerprint density at radius 2 is 2.00 bits per heavy atom. The fraction of sp³-hybridized carbons (Fsp3) is 0.600. The van der Waals surface area contributed by atoms with Gasteiger partial charge >= 0.3 is 11.9 Å². The van der Waals surface area contributed by atoms with Crippen LogP contribution in [-0.2, 0) is 40.1 Å². The van der Waals surface area contributed by atoms with E-state index >= 15 is 0 Å². The quantitative estimate of drug-likeness (QED) is 0.691. The monoisotopic (exact) mass is 289 g/mol. The van der Waals surface area contributed by atoms with Crippen LogP contribution in [0, 0.1) is 0 Å². The third kappa shape index (κ3) is 9.95. The van der Waals surface area contributed by atoms with Gasteiger partial charge in [0.2, 0.25) is 0 Å². The molecule has 0 bridgehead atoms. The third-order valence-electron chi connectivity index (χ3n) is 1.06. The molecule has 0 aromatic carbocycles. The summed E-state index contributed by atoms with van der Waals surface area (Å²) < 4.78 is 3.77. The van der Waals surface area contributed by atoms with Crippen LogP contribution in [0.15, 0.2) is 0 Å². The number of aliphatic carboxylic acids is 1. The molecule has 0 aliphatic heterocycles. The van der Waals surface area contributed by atoms with Gasteiger partial charge < -0.3 is 20.6 Å². The molecule has 0 aromatic heterocycles. The molecular formula is C5H10ClNO5Zr. The van der Waals surface area contributed by atoms with E-state index in [1.54, 1.807) is 0 Å². The second-order valence-electron chi connectivity index (χ2n) is 1.93. The predicted octanol–water partition coefficient (Wildman–Crippen LogP) is -0.952. The maximum atomic E-state index is 10.3. The minimum Gasteiger partial charge on any atom is -0.480 e. The van der Waals surface area contributed by atoms with Gasteiger partial charge in [-0.2, -0.15) is 0 Å². The van der Waals surface area contributed by atoms with E-state index < -0.39 is 18.0 Å². The van der Waals surface area contributed by atoms with Crippen molar-refractivity contribution in [2.45, 2.75) is 18.9 Å². The summed E-state index contributed by atoms with van der Waals surface area (Å²) in [6.07, 6.45) is -0.0577. The van der Waals surface area contributed by atoms with Crippen molar-refractivity contribution in [1.29, 1.82) is 0 Å². The summed E-state index contributed by atoms with van der Waals surface area (Å²) in [5.74, 6) is -1.82. The summed E-state index contributed by atoms with van der Waals surface area (Å²) in [4.78, 5) is 20.4. The summed E-state index contributed by atoms with van der Waals surface area (Å²) in [5, 5.41) is 8.26. The van der Waals surface area contributed by atoms with E-state index in [1.165, 1.54) is 0 Å². The molecule has 1 atom stereocenters. The molecule has 0 saturated carbocycles.